The molecule has 6 aromatic rings. The van der Waals surface area contributed by atoms with Crippen molar-refractivity contribution in [2.75, 3.05) is 0 Å². The molecule has 0 spiro atoms. The molecule has 1 aliphatic carbocycles. The van der Waals surface area contributed by atoms with Gasteiger partial charge in [0.2, 0.25) is 5.60 Å². The van der Waals surface area contributed by atoms with Crippen LogP contribution in [0.25, 0.3) is 11.1 Å². The zero-order chi connectivity index (χ0) is 34.3. The Labute approximate surface area is 286 Å². The highest BCUT2D eigenvalue weighted by Gasteiger charge is 2.78. The van der Waals surface area contributed by atoms with Gasteiger partial charge in [0.15, 0.2) is 20.4 Å². The first-order chi connectivity index (χ1) is 23.8. The quantitative estimate of drug-likeness (QED) is 0.109. The van der Waals surface area contributed by atoms with Crippen molar-refractivity contribution >= 4 is 22.1 Å². The highest BCUT2D eigenvalue weighted by molar-refractivity contribution is 7.92. The van der Waals surface area contributed by atoms with Crippen LogP contribution in [-0.2, 0) is 34.3 Å². The second-order valence-corrected chi connectivity index (χ2v) is 14.5. The van der Waals surface area contributed by atoms with Gasteiger partial charge < -0.3 is 4.74 Å². The van der Waals surface area contributed by atoms with Crippen LogP contribution in [-0.4, -0.2) is 26.3 Å². The average Bonchev–Trinajstić information content (AvgIpc) is 3.45. The number of ether oxygens (including phenoxy) is 1. The second-order valence-electron chi connectivity index (χ2n) is 12.4. The van der Waals surface area contributed by atoms with E-state index in [0.717, 1.165) is 5.56 Å². The molecule has 0 bridgehead atoms. The fourth-order valence-corrected chi connectivity index (χ4v) is 10.7. The molecule has 6 aromatic carbocycles. The Morgan fingerprint density at radius 2 is 0.980 bits per heavy atom. The summed E-state index contributed by atoms with van der Waals surface area (Å²) in [4.78, 5) is 28.7. The molecule has 242 valence electrons. The van der Waals surface area contributed by atoms with Crippen LogP contribution in [0.4, 0.5) is 0 Å². The van der Waals surface area contributed by atoms with Crippen molar-refractivity contribution in [3.05, 3.63) is 197 Å². The minimum Gasteiger partial charge on any atom is -0.449 e. The normalized spacial score (nSPS) is 14.6. The van der Waals surface area contributed by atoms with Gasteiger partial charge in [0, 0.05) is 0 Å². The lowest BCUT2D eigenvalue weighted by molar-refractivity contribution is -0.165. The zero-order valence-corrected chi connectivity index (χ0v) is 27.9. The molecule has 0 fully saturated rings. The van der Waals surface area contributed by atoms with Gasteiger partial charge in [-0.05, 0) is 64.9 Å². The third-order valence-electron chi connectivity index (χ3n) is 10.0. The second kappa shape index (κ2) is 12.1. The third kappa shape index (κ3) is 4.27. The predicted molar refractivity (Wildman–Crippen MR) is 191 cm³/mol. The fourth-order valence-electron chi connectivity index (χ4n) is 8.22. The van der Waals surface area contributed by atoms with E-state index in [1.807, 2.05) is 122 Å². The van der Waals surface area contributed by atoms with E-state index in [2.05, 4.69) is 0 Å². The maximum Gasteiger partial charge on any atom is 0.294 e. The van der Waals surface area contributed by atoms with Gasteiger partial charge in [-0.2, -0.15) is 0 Å². The molecule has 0 amide bonds. The van der Waals surface area contributed by atoms with Gasteiger partial charge in [-0.25, -0.2) is 8.42 Å². The summed E-state index contributed by atoms with van der Waals surface area (Å²) >= 11 is 0. The molecule has 1 atom stereocenters. The van der Waals surface area contributed by atoms with Crippen LogP contribution in [0, 0.1) is 6.92 Å². The number of benzene rings is 6. The Morgan fingerprint density at radius 3 is 1.37 bits per heavy atom. The maximum atomic E-state index is 16.2. The lowest BCUT2D eigenvalue weighted by Crippen LogP contribution is -2.72. The number of aryl methyl sites for hydroxylation is 1. The van der Waals surface area contributed by atoms with Gasteiger partial charge in [0.1, 0.15) is 0 Å². The molecule has 5 nitrogen and oxygen atoms in total. The Kier molecular flexibility index (Phi) is 7.92. The summed E-state index contributed by atoms with van der Waals surface area (Å²) in [6.07, 6.45) is 0. The molecule has 1 aliphatic rings. The predicted octanol–water partition coefficient (Wildman–Crippen LogP) is 8.23. The van der Waals surface area contributed by atoms with Crippen molar-refractivity contribution in [1.82, 2.24) is 0 Å². The van der Waals surface area contributed by atoms with E-state index < -0.39 is 31.4 Å². The standard InChI is InChI=1S/C43H34O5S/c1-31-26-28-36(29-27-31)49(46,47)42(39-24-14-12-22-37(39)38-23-13-15-25-40(38)42)43(32(2)45,48-30-44)41(33-16-6-3-7-17-33,34-18-8-4-9-19-34)35-20-10-5-11-21-35/h3-30H,1-2H3. The lowest BCUT2D eigenvalue weighted by Gasteiger charge is -2.56. The molecule has 0 N–H and O–H groups in total. The van der Waals surface area contributed by atoms with Crippen LogP contribution >= 0.6 is 0 Å². The number of rotatable bonds is 10. The van der Waals surface area contributed by atoms with Gasteiger partial charge in [-0.3, -0.25) is 9.59 Å². The molecule has 0 heterocycles. The Balaban J connectivity index is 1.84. The summed E-state index contributed by atoms with van der Waals surface area (Å²) in [5.74, 6) is -0.640. The molecule has 7 rings (SSSR count). The number of carbonyl (C=O) groups excluding carboxylic acids is 2. The monoisotopic (exact) mass is 662 g/mol. The van der Waals surface area contributed by atoms with Crippen molar-refractivity contribution in [1.29, 1.82) is 0 Å². The van der Waals surface area contributed by atoms with Gasteiger partial charge in [0.05, 0.1) is 10.3 Å². The van der Waals surface area contributed by atoms with Crippen LogP contribution in [0.2, 0.25) is 0 Å². The topological polar surface area (TPSA) is 77.5 Å². The molecule has 0 aliphatic heterocycles. The average molecular weight is 663 g/mol. The van der Waals surface area contributed by atoms with Crippen LogP contribution in [0.15, 0.2) is 169 Å². The highest BCUT2D eigenvalue weighted by atomic mass is 32.2. The van der Waals surface area contributed by atoms with Crippen LogP contribution in [0.3, 0.4) is 0 Å². The summed E-state index contributed by atoms with van der Waals surface area (Å²) < 4.78 is 36.7. The number of carbonyl (C=O) groups is 2. The van der Waals surface area contributed by atoms with Gasteiger partial charge in [-0.15, -0.1) is 0 Å². The number of hydrogen-bond donors (Lipinski definition) is 0. The van der Waals surface area contributed by atoms with Crippen molar-refractivity contribution in [2.45, 2.75) is 34.5 Å². The molecule has 0 saturated carbocycles. The SMILES string of the molecule is CC(=O)C(OC=O)(C(c1ccccc1)(c1ccccc1)c1ccccc1)C1(S(=O)(=O)c2ccc(C)cc2)c2ccccc2-c2ccccc21. The minimum atomic E-state index is -4.68. The van der Waals surface area contributed by atoms with Gasteiger partial charge in [0.25, 0.3) is 6.47 Å². The number of ketones is 1. The van der Waals surface area contributed by atoms with E-state index in [1.165, 1.54) is 6.92 Å². The number of Topliss-reactive ketones (excluding diaryl/α,β-unsaturated/α-hetero) is 1. The first-order valence-electron chi connectivity index (χ1n) is 16.1. The molecule has 1 unspecified atom stereocenters. The van der Waals surface area contributed by atoms with Crippen LogP contribution in [0.1, 0.15) is 40.3 Å². The molecule has 49 heavy (non-hydrogen) atoms. The Hall–Kier alpha value is -5.59. The first-order valence-corrected chi connectivity index (χ1v) is 17.6. The molecule has 0 saturated heterocycles. The summed E-state index contributed by atoms with van der Waals surface area (Å²) in [6.45, 7) is 3.46. The summed E-state index contributed by atoms with van der Waals surface area (Å²) in [5, 5.41) is 0. The molecular formula is C43H34O5S. The van der Waals surface area contributed by atoms with Crippen LogP contribution < -0.4 is 0 Å². The number of hydrogen-bond acceptors (Lipinski definition) is 5. The van der Waals surface area contributed by atoms with Crippen molar-refractivity contribution < 1.29 is 22.7 Å². The zero-order valence-electron chi connectivity index (χ0n) is 27.1. The number of sulfone groups is 1. The summed E-state index contributed by atoms with van der Waals surface area (Å²) in [7, 11) is -4.68. The largest absolute Gasteiger partial charge is 0.449 e. The van der Waals surface area contributed by atoms with E-state index in [0.29, 0.717) is 38.9 Å². The minimum absolute atomic E-state index is 0.00665. The Bertz CT molecular complexity index is 2120. The van der Waals surface area contributed by atoms with Crippen molar-refractivity contribution in [3.8, 4) is 11.1 Å². The number of fused-ring (bicyclic) bond motifs is 3. The summed E-state index contributed by atoms with van der Waals surface area (Å²) in [6, 6.07) is 48.9. The lowest BCUT2D eigenvalue weighted by atomic mass is 9.52. The fraction of sp³-hybridized carbons (Fsp3) is 0.116. The molecular weight excluding hydrogens is 629 g/mol. The first kappa shape index (κ1) is 32.0. The molecule has 0 radical (unpaired) electrons. The summed E-state index contributed by atoms with van der Waals surface area (Å²) in [5.41, 5.74) is 0.370. The van der Waals surface area contributed by atoms with E-state index in [9.17, 15) is 4.79 Å². The Morgan fingerprint density at radius 1 is 0.592 bits per heavy atom. The van der Waals surface area contributed by atoms with E-state index in [1.54, 1.807) is 48.5 Å². The van der Waals surface area contributed by atoms with Crippen molar-refractivity contribution in [3.63, 3.8) is 0 Å². The molecule has 0 aromatic heterocycles. The smallest absolute Gasteiger partial charge is 0.294 e. The van der Waals surface area contributed by atoms with E-state index >= 15 is 13.2 Å². The molecule has 6 heteroatoms. The van der Waals surface area contributed by atoms with Gasteiger partial charge >= 0.3 is 0 Å². The van der Waals surface area contributed by atoms with E-state index in [4.69, 9.17) is 4.74 Å². The highest BCUT2D eigenvalue weighted by Crippen LogP contribution is 2.67. The van der Waals surface area contributed by atoms with Crippen LogP contribution in [0.5, 0.6) is 0 Å². The third-order valence-corrected chi connectivity index (χ3v) is 12.4. The maximum absolute atomic E-state index is 16.2. The van der Waals surface area contributed by atoms with E-state index in [-0.39, 0.29) is 11.4 Å². The van der Waals surface area contributed by atoms with Gasteiger partial charge in [-0.1, -0.05) is 157 Å². The van der Waals surface area contributed by atoms with Crippen molar-refractivity contribution in [2.24, 2.45) is 0 Å².